The first-order valence-corrected chi connectivity index (χ1v) is 13.7. The number of rotatable bonds is 10. The Morgan fingerprint density at radius 1 is 1.00 bits per heavy atom. The number of hydrogen-bond donors (Lipinski definition) is 1. The second-order valence-corrected chi connectivity index (χ2v) is 11.0. The van der Waals surface area contributed by atoms with Gasteiger partial charge in [-0.15, -0.1) is 0 Å². The van der Waals surface area contributed by atoms with Crippen LogP contribution in [0, 0.1) is 0 Å². The molecule has 1 atom stereocenters. The third kappa shape index (κ3) is 7.39. The Morgan fingerprint density at radius 2 is 1.56 bits per heavy atom. The van der Waals surface area contributed by atoms with E-state index >= 15 is 0 Å². The Bertz CT molecular complexity index is 1120. The van der Waals surface area contributed by atoms with Gasteiger partial charge in [0.05, 0.1) is 11.9 Å². The van der Waals surface area contributed by atoms with Crippen molar-refractivity contribution in [1.82, 2.24) is 10.2 Å². The molecule has 0 radical (unpaired) electrons. The van der Waals surface area contributed by atoms with E-state index in [-0.39, 0.29) is 34.6 Å². The summed E-state index contributed by atoms with van der Waals surface area (Å²) in [5, 5.41) is 3.76. The van der Waals surface area contributed by atoms with E-state index < -0.39 is 28.5 Å². The van der Waals surface area contributed by atoms with E-state index in [1.165, 1.54) is 23.1 Å². The minimum Gasteiger partial charge on any atom is -0.355 e. The van der Waals surface area contributed by atoms with Crippen LogP contribution < -0.4 is 9.62 Å². The second-order valence-electron chi connectivity index (χ2n) is 7.44. The molecule has 34 heavy (non-hydrogen) atoms. The van der Waals surface area contributed by atoms with E-state index in [0.717, 1.165) is 10.6 Å². The van der Waals surface area contributed by atoms with Crippen LogP contribution >= 0.6 is 46.4 Å². The molecule has 1 N–H and O–H groups in total. The molecule has 0 aliphatic rings. The van der Waals surface area contributed by atoms with Gasteiger partial charge in [0.1, 0.15) is 12.6 Å². The Kier molecular flexibility index (Phi) is 10.3. The molecule has 0 fully saturated rings. The maximum absolute atomic E-state index is 13.6. The molecular formula is C22H25Cl4N3O4S. The van der Waals surface area contributed by atoms with Gasteiger partial charge in [-0.25, -0.2) is 8.42 Å². The van der Waals surface area contributed by atoms with E-state index in [0.29, 0.717) is 22.2 Å². The van der Waals surface area contributed by atoms with Crippen LogP contribution in [-0.4, -0.2) is 50.5 Å². The van der Waals surface area contributed by atoms with Gasteiger partial charge >= 0.3 is 0 Å². The maximum Gasteiger partial charge on any atom is 0.244 e. The molecule has 7 nitrogen and oxygen atoms in total. The lowest BCUT2D eigenvalue weighted by molar-refractivity contribution is -0.140. The lowest BCUT2D eigenvalue weighted by atomic mass is 10.1. The summed E-state index contributed by atoms with van der Waals surface area (Å²) in [6.07, 6.45) is 1.24. The number of nitrogens with zero attached hydrogens (tertiary/aromatic N) is 2. The van der Waals surface area contributed by atoms with Gasteiger partial charge in [0.15, 0.2) is 0 Å². The molecule has 0 spiro atoms. The third-order valence-corrected chi connectivity index (χ3v) is 7.23. The average molecular weight is 569 g/mol. The van der Waals surface area contributed by atoms with Gasteiger partial charge in [0.25, 0.3) is 0 Å². The van der Waals surface area contributed by atoms with E-state index in [1.807, 2.05) is 0 Å². The molecule has 0 unspecified atom stereocenters. The van der Waals surface area contributed by atoms with Gasteiger partial charge in [-0.05, 0) is 43.7 Å². The van der Waals surface area contributed by atoms with Crippen molar-refractivity contribution in [3.8, 4) is 0 Å². The first kappa shape index (κ1) is 28.5. The third-order valence-electron chi connectivity index (χ3n) is 4.94. The molecule has 0 aromatic heterocycles. The molecule has 0 aliphatic heterocycles. The van der Waals surface area contributed by atoms with Crippen molar-refractivity contribution in [3.05, 3.63) is 62.1 Å². The average Bonchev–Trinajstić information content (AvgIpc) is 2.72. The van der Waals surface area contributed by atoms with Crippen LogP contribution in [0.15, 0.2) is 36.4 Å². The number of nitrogens with one attached hydrogen (secondary N) is 1. The summed E-state index contributed by atoms with van der Waals surface area (Å²) >= 11 is 24.7. The second kappa shape index (κ2) is 12.3. The zero-order valence-corrected chi connectivity index (χ0v) is 22.7. The molecule has 2 aromatic carbocycles. The van der Waals surface area contributed by atoms with Crippen LogP contribution in [0.25, 0.3) is 0 Å². The highest BCUT2D eigenvalue weighted by Gasteiger charge is 2.32. The van der Waals surface area contributed by atoms with Gasteiger partial charge in [-0.1, -0.05) is 59.4 Å². The number of sulfonamides is 1. The molecule has 2 aromatic rings. The topological polar surface area (TPSA) is 86.8 Å². The molecule has 0 heterocycles. The number of anilines is 1. The first-order chi connectivity index (χ1) is 15.9. The monoisotopic (exact) mass is 567 g/mol. The molecule has 2 rings (SSSR count). The zero-order chi connectivity index (χ0) is 25.6. The summed E-state index contributed by atoms with van der Waals surface area (Å²) in [4.78, 5) is 27.6. The highest BCUT2D eigenvalue weighted by molar-refractivity contribution is 7.92. The normalized spacial score (nSPS) is 12.2. The summed E-state index contributed by atoms with van der Waals surface area (Å²) in [6, 6.07) is 8.24. The molecule has 0 bridgehead atoms. The summed E-state index contributed by atoms with van der Waals surface area (Å²) < 4.78 is 26.1. The van der Waals surface area contributed by atoms with Gasteiger partial charge in [-0.3, -0.25) is 13.9 Å². The molecule has 0 aliphatic carbocycles. The number of hydrogen-bond acceptors (Lipinski definition) is 4. The summed E-state index contributed by atoms with van der Waals surface area (Å²) in [7, 11) is -3.92. The van der Waals surface area contributed by atoms with Crippen molar-refractivity contribution in [2.45, 2.75) is 32.9 Å². The van der Waals surface area contributed by atoms with Crippen LogP contribution in [0.2, 0.25) is 20.1 Å². The number of amides is 2. The fourth-order valence-electron chi connectivity index (χ4n) is 3.36. The lowest BCUT2D eigenvalue weighted by Crippen LogP contribution is -2.52. The quantitative estimate of drug-likeness (QED) is 0.436. The molecular weight excluding hydrogens is 544 g/mol. The lowest BCUT2D eigenvalue weighted by Gasteiger charge is -2.33. The Labute approximate surface area is 220 Å². The largest absolute Gasteiger partial charge is 0.355 e. The van der Waals surface area contributed by atoms with Gasteiger partial charge < -0.3 is 10.2 Å². The van der Waals surface area contributed by atoms with E-state index in [9.17, 15) is 18.0 Å². The van der Waals surface area contributed by atoms with Gasteiger partial charge in [0, 0.05) is 38.7 Å². The van der Waals surface area contributed by atoms with Gasteiger partial charge in [0.2, 0.25) is 21.8 Å². The highest BCUT2D eigenvalue weighted by Crippen LogP contribution is 2.29. The van der Waals surface area contributed by atoms with Crippen LogP contribution in [-0.2, 0) is 26.2 Å². The summed E-state index contributed by atoms with van der Waals surface area (Å²) in [5.41, 5.74) is 0.564. The highest BCUT2D eigenvalue weighted by atomic mass is 35.5. The van der Waals surface area contributed by atoms with Crippen LogP contribution in [0.1, 0.15) is 25.8 Å². The summed E-state index contributed by atoms with van der Waals surface area (Å²) in [5.74, 6) is -1.01. The summed E-state index contributed by atoms with van der Waals surface area (Å²) in [6.45, 7) is 3.19. The molecule has 12 heteroatoms. The van der Waals surface area contributed by atoms with Crippen molar-refractivity contribution in [3.63, 3.8) is 0 Å². The van der Waals surface area contributed by atoms with Gasteiger partial charge in [-0.2, -0.15) is 0 Å². The SMILES string of the molecule is CCNC(=O)[C@H](CC)N(Cc1c(Cl)cccc1Cl)C(=O)CN(c1cc(Cl)cc(Cl)c1)S(C)(=O)=O. The van der Waals surface area contributed by atoms with Crippen molar-refractivity contribution in [2.75, 3.05) is 23.7 Å². The first-order valence-electron chi connectivity index (χ1n) is 10.3. The number of carbonyl (C=O) groups excluding carboxylic acids is 2. The number of carbonyl (C=O) groups is 2. The van der Waals surface area contributed by atoms with E-state index in [1.54, 1.807) is 32.0 Å². The number of likely N-dealkylation sites (N-methyl/N-ethyl adjacent to an activating group) is 1. The van der Waals surface area contributed by atoms with Crippen LogP contribution in [0.3, 0.4) is 0 Å². The fraction of sp³-hybridized carbons (Fsp3) is 0.364. The molecule has 0 saturated heterocycles. The standard InChI is InChI=1S/C22H25Cl4N3O4S/c1-4-20(22(31)27-5-2)28(12-17-18(25)7-6-8-19(17)26)21(30)13-29(34(3,32)33)16-10-14(23)9-15(24)11-16/h6-11,20H,4-5,12-13H2,1-3H3,(H,27,31)/t20-/m0/s1. The Morgan fingerprint density at radius 3 is 2.03 bits per heavy atom. The Hall–Kier alpha value is -1.71. The predicted molar refractivity (Wildman–Crippen MR) is 138 cm³/mol. The van der Waals surface area contributed by atoms with Crippen LogP contribution in [0.4, 0.5) is 5.69 Å². The van der Waals surface area contributed by atoms with Crippen molar-refractivity contribution < 1.29 is 18.0 Å². The molecule has 186 valence electrons. The minimum absolute atomic E-state index is 0.0963. The Balaban J connectivity index is 2.52. The van der Waals surface area contributed by atoms with Crippen molar-refractivity contribution in [2.24, 2.45) is 0 Å². The fourth-order valence-corrected chi connectivity index (χ4v) is 5.23. The maximum atomic E-state index is 13.6. The minimum atomic E-state index is -3.92. The molecule has 2 amide bonds. The van der Waals surface area contributed by atoms with Crippen molar-refractivity contribution in [1.29, 1.82) is 0 Å². The van der Waals surface area contributed by atoms with Crippen molar-refractivity contribution >= 4 is 73.9 Å². The number of halogens is 4. The van der Waals surface area contributed by atoms with Crippen LogP contribution in [0.5, 0.6) is 0 Å². The molecule has 0 saturated carbocycles. The number of benzene rings is 2. The van der Waals surface area contributed by atoms with E-state index in [4.69, 9.17) is 46.4 Å². The van der Waals surface area contributed by atoms with E-state index in [2.05, 4.69) is 5.32 Å². The smallest absolute Gasteiger partial charge is 0.244 e. The predicted octanol–water partition coefficient (Wildman–Crippen LogP) is 5.01. The zero-order valence-electron chi connectivity index (χ0n) is 18.8.